The molecule has 0 radical (unpaired) electrons. The Bertz CT molecular complexity index is 1740. The van der Waals surface area contributed by atoms with E-state index in [9.17, 15) is 43.2 Å². The first kappa shape index (κ1) is 87.1. The highest BCUT2D eigenvalue weighted by molar-refractivity contribution is 7.47. The van der Waals surface area contributed by atoms with Gasteiger partial charge in [0.25, 0.3) is 0 Å². The molecule has 0 aromatic carbocycles. The van der Waals surface area contributed by atoms with Crippen LogP contribution >= 0.6 is 15.6 Å². The van der Waals surface area contributed by atoms with Gasteiger partial charge in [0, 0.05) is 25.7 Å². The van der Waals surface area contributed by atoms with E-state index in [1.807, 2.05) is 0 Å². The van der Waals surface area contributed by atoms with Crippen molar-refractivity contribution in [1.82, 2.24) is 0 Å². The van der Waals surface area contributed by atoms with Crippen LogP contribution in [0.25, 0.3) is 0 Å². The molecule has 0 heterocycles. The molecule has 0 aliphatic carbocycles. The number of unbranched alkanes of at least 4 members (excludes halogenated alkanes) is 38. The molecular weight excluding hydrogens is 1170 g/mol. The van der Waals surface area contributed by atoms with Crippen LogP contribution in [0.5, 0.6) is 0 Å². The lowest BCUT2D eigenvalue weighted by atomic mass is 9.99. The predicted octanol–water partition coefficient (Wildman–Crippen LogP) is 20.0. The first-order valence-electron chi connectivity index (χ1n) is 36.5. The third kappa shape index (κ3) is 63.2. The number of ether oxygens (including phenoxy) is 4. The largest absolute Gasteiger partial charge is 0.472 e. The van der Waals surface area contributed by atoms with E-state index in [1.165, 1.54) is 167 Å². The SMILES string of the molecule is CCCCCCCCCCCCCCCCCCC(=O)O[C@H](COC(=O)CCCCCCCCCCC(C)CC)COP(=O)(O)OC[C@@H](O)COP(=O)(O)OC[C@@H](COC(=O)CCCCCCCCC(C)C)OC(=O)CCCCCCCCCCCCCC. The Kier molecular flexibility index (Phi) is 60.8. The van der Waals surface area contributed by atoms with Crippen LogP contribution in [0.15, 0.2) is 0 Å². The van der Waals surface area contributed by atoms with Crippen molar-refractivity contribution in [3.8, 4) is 0 Å². The molecule has 0 aromatic heterocycles. The molecule has 528 valence electrons. The summed E-state index contributed by atoms with van der Waals surface area (Å²) in [6.07, 6.45) is 47.2. The van der Waals surface area contributed by atoms with E-state index in [1.54, 1.807) is 0 Å². The summed E-state index contributed by atoms with van der Waals surface area (Å²) < 4.78 is 68.3. The number of hydrogen-bond acceptors (Lipinski definition) is 15. The number of hydrogen-bond donors (Lipinski definition) is 3. The van der Waals surface area contributed by atoms with Crippen LogP contribution in [0.1, 0.15) is 356 Å². The Balaban J connectivity index is 5.24. The predicted molar refractivity (Wildman–Crippen MR) is 358 cm³/mol. The van der Waals surface area contributed by atoms with Crippen LogP contribution in [0.4, 0.5) is 0 Å². The maximum absolute atomic E-state index is 13.0. The van der Waals surface area contributed by atoms with Crippen molar-refractivity contribution in [2.45, 2.75) is 374 Å². The Morgan fingerprint density at radius 1 is 0.326 bits per heavy atom. The molecule has 89 heavy (non-hydrogen) atoms. The molecule has 0 aromatic rings. The Morgan fingerprint density at radius 2 is 0.573 bits per heavy atom. The van der Waals surface area contributed by atoms with Gasteiger partial charge in [0.05, 0.1) is 26.4 Å². The van der Waals surface area contributed by atoms with Gasteiger partial charge in [-0.25, -0.2) is 9.13 Å². The van der Waals surface area contributed by atoms with Gasteiger partial charge in [-0.3, -0.25) is 37.3 Å². The Morgan fingerprint density at radius 3 is 0.854 bits per heavy atom. The van der Waals surface area contributed by atoms with E-state index in [0.717, 1.165) is 102 Å². The van der Waals surface area contributed by atoms with Crippen molar-refractivity contribution in [2.24, 2.45) is 11.8 Å². The quantitative estimate of drug-likeness (QED) is 0.0222. The number of aliphatic hydroxyl groups excluding tert-OH is 1. The molecule has 0 rings (SSSR count). The summed E-state index contributed by atoms with van der Waals surface area (Å²) in [4.78, 5) is 72.5. The topological polar surface area (TPSA) is 237 Å². The zero-order chi connectivity index (χ0) is 65.7. The lowest BCUT2D eigenvalue weighted by molar-refractivity contribution is -0.161. The van der Waals surface area contributed by atoms with Crippen molar-refractivity contribution in [2.75, 3.05) is 39.6 Å². The lowest BCUT2D eigenvalue weighted by Gasteiger charge is -2.21. The van der Waals surface area contributed by atoms with Crippen molar-refractivity contribution < 1.29 is 80.2 Å². The Labute approximate surface area is 543 Å². The van der Waals surface area contributed by atoms with Crippen LogP contribution in [0.2, 0.25) is 0 Å². The van der Waals surface area contributed by atoms with E-state index in [0.29, 0.717) is 31.6 Å². The summed E-state index contributed by atoms with van der Waals surface area (Å²) >= 11 is 0. The molecule has 17 nitrogen and oxygen atoms in total. The molecule has 0 amide bonds. The lowest BCUT2D eigenvalue weighted by Crippen LogP contribution is -2.30. The third-order valence-corrected chi connectivity index (χ3v) is 18.5. The molecule has 0 spiro atoms. The highest BCUT2D eigenvalue weighted by atomic mass is 31.2. The second-order valence-corrected chi connectivity index (χ2v) is 28.9. The molecule has 19 heteroatoms. The average Bonchev–Trinajstić information content (AvgIpc) is 3.66. The number of phosphoric ester groups is 2. The minimum Gasteiger partial charge on any atom is -0.462 e. The standard InChI is InChI=1S/C70H136O17P2/c1-7-10-12-14-16-18-20-22-23-24-25-27-29-35-43-49-55-70(75)86-65(58-80-67(72)52-46-40-33-31-30-32-39-45-51-63(6)9-3)60-84-88(76,77)82-56-64(71)57-83-89(78,79)85-61-66(59-81-68(73)53-47-41-37-36-38-44-50-62(4)5)87-69(74)54-48-42-34-28-26-21-19-17-15-13-11-8-2/h62-66,71H,7-61H2,1-6H3,(H,76,77)(H,78,79)/t63?,64-,65-,66-/m1/s1. The van der Waals surface area contributed by atoms with Crippen LogP contribution in [-0.4, -0.2) is 96.7 Å². The van der Waals surface area contributed by atoms with Crippen molar-refractivity contribution in [3.63, 3.8) is 0 Å². The van der Waals surface area contributed by atoms with Crippen molar-refractivity contribution in [3.05, 3.63) is 0 Å². The maximum atomic E-state index is 13.0. The van der Waals surface area contributed by atoms with Gasteiger partial charge in [0.2, 0.25) is 0 Å². The van der Waals surface area contributed by atoms with E-state index in [2.05, 4.69) is 41.5 Å². The number of carbonyl (C=O) groups excluding carboxylic acids is 4. The van der Waals surface area contributed by atoms with Crippen LogP contribution in [-0.2, 0) is 65.4 Å². The average molecular weight is 1310 g/mol. The minimum absolute atomic E-state index is 0.106. The normalized spacial score (nSPS) is 14.4. The van der Waals surface area contributed by atoms with Gasteiger partial charge in [-0.05, 0) is 37.5 Å². The van der Waals surface area contributed by atoms with Crippen LogP contribution in [0, 0.1) is 11.8 Å². The van der Waals surface area contributed by atoms with E-state index in [-0.39, 0.29) is 25.7 Å². The van der Waals surface area contributed by atoms with Crippen LogP contribution in [0.3, 0.4) is 0 Å². The summed E-state index contributed by atoms with van der Waals surface area (Å²) in [6.45, 7) is 9.47. The molecular formula is C70H136O17P2. The monoisotopic (exact) mass is 1310 g/mol. The number of phosphoric acid groups is 2. The van der Waals surface area contributed by atoms with E-state index in [4.69, 9.17) is 37.0 Å². The fraction of sp³-hybridized carbons (Fsp3) is 0.943. The molecule has 3 N–H and O–H groups in total. The third-order valence-electron chi connectivity index (χ3n) is 16.6. The van der Waals surface area contributed by atoms with E-state index < -0.39 is 97.5 Å². The van der Waals surface area contributed by atoms with Crippen molar-refractivity contribution >= 4 is 39.5 Å². The van der Waals surface area contributed by atoms with Gasteiger partial charge >= 0.3 is 39.5 Å². The second kappa shape index (κ2) is 62.2. The smallest absolute Gasteiger partial charge is 0.462 e. The summed E-state index contributed by atoms with van der Waals surface area (Å²) in [5, 5.41) is 10.6. The van der Waals surface area contributed by atoms with Gasteiger partial charge in [0.15, 0.2) is 12.2 Å². The molecule has 0 saturated carbocycles. The fourth-order valence-electron chi connectivity index (χ4n) is 10.6. The summed E-state index contributed by atoms with van der Waals surface area (Å²) in [5.74, 6) is -0.668. The van der Waals surface area contributed by atoms with Crippen LogP contribution < -0.4 is 0 Å². The van der Waals surface area contributed by atoms with Gasteiger partial charge in [-0.15, -0.1) is 0 Å². The van der Waals surface area contributed by atoms with Gasteiger partial charge in [-0.2, -0.15) is 0 Å². The molecule has 0 bridgehead atoms. The minimum atomic E-state index is -4.95. The second-order valence-electron chi connectivity index (χ2n) is 26.0. The van der Waals surface area contributed by atoms with Gasteiger partial charge in [-0.1, -0.05) is 305 Å². The fourth-order valence-corrected chi connectivity index (χ4v) is 12.1. The number of carbonyl (C=O) groups is 4. The number of aliphatic hydroxyl groups is 1. The van der Waals surface area contributed by atoms with E-state index >= 15 is 0 Å². The Hall–Kier alpha value is -1.94. The van der Waals surface area contributed by atoms with Crippen molar-refractivity contribution in [1.29, 1.82) is 0 Å². The first-order valence-corrected chi connectivity index (χ1v) is 39.5. The number of esters is 4. The summed E-state index contributed by atoms with van der Waals surface area (Å²) in [6, 6.07) is 0. The molecule has 6 atom stereocenters. The van der Waals surface area contributed by atoms with Gasteiger partial charge < -0.3 is 33.8 Å². The summed E-state index contributed by atoms with van der Waals surface area (Å²) in [7, 11) is -9.90. The summed E-state index contributed by atoms with van der Waals surface area (Å²) in [5.41, 5.74) is 0. The number of rotatable bonds is 69. The molecule has 0 fully saturated rings. The molecule has 0 aliphatic heterocycles. The van der Waals surface area contributed by atoms with Gasteiger partial charge in [0.1, 0.15) is 19.3 Å². The maximum Gasteiger partial charge on any atom is 0.472 e. The highest BCUT2D eigenvalue weighted by Gasteiger charge is 2.30. The zero-order valence-corrected chi connectivity index (χ0v) is 59.5. The molecule has 0 aliphatic rings. The first-order chi connectivity index (χ1) is 42.9. The zero-order valence-electron chi connectivity index (χ0n) is 57.7. The molecule has 3 unspecified atom stereocenters. The highest BCUT2D eigenvalue weighted by Crippen LogP contribution is 2.45. The molecule has 0 saturated heterocycles.